The Morgan fingerprint density at radius 2 is 1.89 bits per heavy atom. The highest BCUT2D eigenvalue weighted by Crippen LogP contribution is 2.03. The quantitative estimate of drug-likeness (QED) is 0.677. The Bertz CT molecular complexity index is 299. The molecule has 0 amide bonds. The molecule has 0 aromatic heterocycles. The molecular weight excluding hydrogens is 222 g/mol. The van der Waals surface area contributed by atoms with E-state index < -0.39 is 0 Å². The van der Waals surface area contributed by atoms with E-state index in [2.05, 4.69) is 56.4 Å². The lowest BCUT2D eigenvalue weighted by molar-refractivity contribution is 0.0627. The molecule has 0 aliphatic heterocycles. The molecule has 2 atom stereocenters. The third kappa shape index (κ3) is 6.77. The second kappa shape index (κ2) is 9.12. The molecule has 0 fully saturated rings. The van der Waals surface area contributed by atoms with Gasteiger partial charge in [-0.1, -0.05) is 37.3 Å². The van der Waals surface area contributed by atoms with Crippen LogP contribution in [0.2, 0.25) is 0 Å². The normalized spacial score (nSPS) is 14.4. The molecule has 0 aliphatic rings. The Hall–Kier alpha value is -0.860. The van der Waals surface area contributed by atoms with Gasteiger partial charge in [-0.2, -0.15) is 0 Å². The SMILES string of the molecule is CCC(C)NCC(C)OCCCc1ccccc1. The summed E-state index contributed by atoms with van der Waals surface area (Å²) in [5.74, 6) is 0. The summed E-state index contributed by atoms with van der Waals surface area (Å²) in [5, 5.41) is 3.47. The van der Waals surface area contributed by atoms with Gasteiger partial charge >= 0.3 is 0 Å². The average molecular weight is 249 g/mol. The molecule has 0 radical (unpaired) electrons. The molecule has 0 spiro atoms. The summed E-state index contributed by atoms with van der Waals surface area (Å²) < 4.78 is 5.80. The maximum Gasteiger partial charge on any atom is 0.0671 e. The van der Waals surface area contributed by atoms with Crippen molar-refractivity contribution in [1.82, 2.24) is 5.32 Å². The van der Waals surface area contributed by atoms with Gasteiger partial charge in [0.15, 0.2) is 0 Å². The molecule has 0 aliphatic carbocycles. The van der Waals surface area contributed by atoms with Crippen molar-refractivity contribution in [2.45, 2.75) is 52.2 Å². The van der Waals surface area contributed by atoms with E-state index in [4.69, 9.17) is 4.74 Å². The van der Waals surface area contributed by atoms with Gasteiger partial charge in [0, 0.05) is 19.2 Å². The van der Waals surface area contributed by atoms with E-state index in [0.29, 0.717) is 12.1 Å². The Labute approximate surface area is 112 Å². The van der Waals surface area contributed by atoms with E-state index >= 15 is 0 Å². The Kier molecular flexibility index (Phi) is 7.70. The zero-order chi connectivity index (χ0) is 13.2. The topological polar surface area (TPSA) is 21.3 Å². The van der Waals surface area contributed by atoms with Crippen molar-refractivity contribution in [1.29, 1.82) is 0 Å². The van der Waals surface area contributed by atoms with Crippen LogP contribution in [0.25, 0.3) is 0 Å². The fraction of sp³-hybridized carbons (Fsp3) is 0.625. The van der Waals surface area contributed by atoms with Crippen molar-refractivity contribution in [3.8, 4) is 0 Å². The van der Waals surface area contributed by atoms with Gasteiger partial charge in [0.2, 0.25) is 0 Å². The first-order valence-corrected chi connectivity index (χ1v) is 7.11. The van der Waals surface area contributed by atoms with E-state index in [1.54, 1.807) is 0 Å². The zero-order valence-corrected chi connectivity index (χ0v) is 12.0. The van der Waals surface area contributed by atoms with Crippen molar-refractivity contribution >= 4 is 0 Å². The summed E-state index contributed by atoms with van der Waals surface area (Å²) in [6.07, 6.45) is 3.67. The highest BCUT2D eigenvalue weighted by Gasteiger charge is 2.04. The number of ether oxygens (including phenoxy) is 1. The van der Waals surface area contributed by atoms with E-state index in [1.807, 2.05) is 0 Å². The van der Waals surface area contributed by atoms with Crippen LogP contribution in [0.4, 0.5) is 0 Å². The minimum atomic E-state index is 0.301. The van der Waals surface area contributed by atoms with E-state index in [-0.39, 0.29) is 0 Å². The fourth-order valence-corrected chi connectivity index (χ4v) is 1.78. The van der Waals surface area contributed by atoms with Crippen LogP contribution in [0.3, 0.4) is 0 Å². The van der Waals surface area contributed by atoms with Gasteiger partial charge in [-0.3, -0.25) is 0 Å². The minimum Gasteiger partial charge on any atom is -0.377 e. The highest BCUT2D eigenvalue weighted by atomic mass is 16.5. The van der Waals surface area contributed by atoms with Crippen molar-refractivity contribution < 1.29 is 4.74 Å². The minimum absolute atomic E-state index is 0.301. The molecular formula is C16H27NO. The van der Waals surface area contributed by atoms with Crippen LogP contribution in [0.1, 0.15) is 39.2 Å². The Morgan fingerprint density at radius 1 is 1.17 bits per heavy atom. The van der Waals surface area contributed by atoms with Gasteiger partial charge in [0.25, 0.3) is 0 Å². The van der Waals surface area contributed by atoms with Crippen molar-refractivity contribution in [3.63, 3.8) is 0 Å². The fourth-order valence-electron chi connectivity index (χ4n) is 1.78. The third-order valence-electron chi connectivity index (χ3n) is 3.22. The number of nitrogens with one attached hydrogen (secondary N) is 1. The maximum absolute atomic E-state index is 5.80. The van der Waals surface area contributed by atoms with E-state index in [0.717, 1.165) is 26.0 Å². The number of hydrogen-bond acceptors (Lipinski definition) is 2. The van der Waals surface area contributed by atoms with Crippen LogP contribution < -0.4 is 5.32 Å². The highest BCUT2D eigenvalue weighted by molar-refractivity contribution is 5.14. The van der Waals surface area contributed by atoms with Crippen LogP contribution in [0.15, 0.2) is 30.3 Å². The lowest BCUT2D eigenvalue weighted by Gasteiger charge is -2.17. The first-order valence-electron chi connectivity index (χ1n) is 7.11. The van der Waals surface area contributed by atoms with Gasteiger partial charge in [-0.15, -0.1) is 0 Å². The molecule has 1 N–H and O–H groups in total. The molecule has 0 bridgehead atoms. The van der Waals surface area contributed by atoms with Crippen LogP contribution in [-0.2, 0) is 11.2 Å². The number of hydrogen-bond donors (Lipinski definition) is 1. The number of benzene rings is 1. The van der Waals surface area contributed by atoms with Crippen LogP contribution in [-0.4, -0.2) is 25.3 Å². The molecule has 1 rings (SSSR count). The Balaban J connectivity index is 2.03. The van der Waals surface area contributed by atoms with E-state index in [1.165, 1.54) is 12.0 Å². The molecule has 2 nitrogen and oxygen atoms in total. The molecule has 1 aromatic carbocycles. The molecule has 18 heavy (non-hydrogen) atoms. The summed E-state index contributed by atoms with van der Waals surface area (Å²) in [6.45, 7) is 8.33. The molecule has 1 aromatic rings. The third-order valence-corrected chi connectivity index (χ3v) is 3.22. The molecule has 2 unspecified atom stereocenters. The summed E-state index contributed by atoms with van der Waals surface area (Å²) in [7, 11) is 0. The average Bonchev–Trinajstić information content (AvgIpc) is 2.42. The van der Waals surface area contributed by atoms with E-state index in [9.17, 15) is 0 Å². The first kappa shape index (κ1) is 15.2. The molecule has 0 saturated heterocycles. The monoisotopic (exact) mass is 249 g/mol. The smallest absolute Gasteiger partial charge is 0.0671 e. The lowest BCUT2D eigenvalue weighted by atomic mass is 10.1. The number of rotatable bonds is 9. The predicted octanol–water partition coefficient (Wildman–Crippen LogP) is 3.41. The second-order valence-electron chi connectivity index (χ2n) is 4.99. The predicted molar refractivity (Wildman–Crippen MR) is 77.9 cm³/mol. The second-order valence-corrected chi connectivity index (χ2v) is 4.99. The van der Waals surface area contributed by atoms with Gasteiger partial charge in [-0.05, 0) is 38.7 Å². The maximum atomic E-state index is 5.80. The summed E-state index contributed by atoms with van der Waals surface area (Å²) in [6, 6.07) is 11.2. The summed E-state index contributed by atoms with van der Waals surface area (Å²) in [4.78, 5) is 0. The van der Waals surface area contributed by atoms with Gasteiger partial charge in [0.1, 0.15) is 0 Å². The standard InChI is InChI=1S/C16H27NO/c1-4-14(2)17-13-15(3)18-12-8-11-16-9-6-5-7-10-16/h5-7,9-10,14-15,17H,4,8,11-13H2,1-3H3. The van der Waals surface area contributed by atoms with Crippen molar-refractivity contribution in [2.24, 2.45) is 0 Å². The van der Waals surface area contributed by atoms with Crippen LogP contribution in [0.5, 0.6) is 0 Å². The summed E-state index contributed by atoms with van der Waals surface area (Å²) in [5.41, 5.74) is 1.39. The van der Waals surface area contributed by atoms with Gasteiger partial charge in [-0.25, -0.2) is 0 Å². The zero-order valence-electron chi connectivity index (χ0n) is 12.0. The van der Waals surface area contributed by atoms with Gasteiger partial charge < -0.3 is 10.1 Å². The summed E-state index contributed by atoms with van der Waals surface area (Å²) >= 11 is 0. The van der Waals surface area contributed by atoms with Gasteiger partial charge in [0.05, 0.1) is 6.10 Å². The molecule has 102 valence electrons. The molecule has 0 saturated carbocycles. The van der Waals surface area contributed by atoms with Crippen LogP contribution >= 0.6 is 0 Å². The Morgan fingerprint density at radius 3 is 2.56 bits per heavy atom. The van der Waals surface area contributed by atoms with Crippen molar-refractivity contribution in [2.75, 3.05) is 13.2 Å². The van der Waals surface area contributed by atoms with Crippen molar-refractivity contribution in [3.05, 3.63) is 35.9 Å². The largest absolute Gasteiger partial charge is 0.377 e. The first-order chi connectivity index (χ1) is 8.72. The molecule has 0 heterocycles. The van der Waals surface area contributed by atoms with Crippen LogP contribution in [0, 0.1) is 0 Å². The lowest BCUT2D eigenvalue weighted by Crippen LogP contribution is -2.33. The number of aryl methyl sites for hydroxylation is 1. The molecule has 2 heteroatoms.